The quantitative estimate of drug-likeness (QED) is 0.233. The zero-order valence-corrected chi connectivity index (χ0v) is 21.1. The number of hydrogen-bond acceptors (Lipinski definition) is 7. The second-order valence-corrected chi connectivity index (χ2v) is 10.5. The van der Waals surface area contributed by atoms with Gasteiger partial charge >= 0.3 is 6.18 Å². The molecule has 5 aromatic rings. The molecular weight excluding hydrogens is 565 g/mol. The van der Waals surface area contributed by atoms with Gasteiger partial charge in [0, 0.05) is 35.1 Å². The monoisotopic (exact) mass is 579 g/mol. The van der Waals surface area contributed by atoms with E-state index < -0.39 is 24.0 Å². The fourth-order valence-electron chi connectivity index (χ4n) is 4.39. The molecule has 4 heterocycles. The Labute approximate surface area is 224 Å². The van der Waals surface area contributed by atoms with Crippen molar-refractivity contribution in [3.05, 3.63) is 74.7 Å². The summed E-state index contributed by atoms with van der Waals surface area (Å²) in [5, 5.41) is 11.1. The predicted octanol–water partition coefficient (Wildman–Crippen LogP) is 6.70. The fraction of sp³-hybridized carbons (Fsp3) is 0.240. The number of rotatable bonds is 5. The van der Waals surface area contributed by atoms with Crippen molar-refractivity contribution in [3.8, 4) is 17.3 Å². The number of halogens is 6. The maximum Gasteiger partial charge on any atom is 0.451 e. The molecule has 1 aliphatic rings. The van der Waals surface area contributed by atoms with E-state index >= 15 is 0 Å². The van der Waals surface area contributed by atoms with E-state index in [9.17, 15) is 31.9 Å². The molecule has 1 aliphatic carbocycles. The lowest BCUT2D eigenvalue weighted by atomic mass is 10.1. The third kappa shape index (κ3) is 4.48. The first-order valence-electron chi connectivity index (χ1n) is 11.5. The van der Waals surface area contributed by atoms with Gasteiger partial charge in [-0.2, -0.15) is 13.2 Å². The van der Waals surface area contributed by atoms with Crippen LogP contribution in [0.25, 0.3) is 31.8 Å². The van der Waals surface area contributed by atoms with Gasteiger partial charge in [-0.1, -0.05) is 17.7 Å². The Morgan fingerprint density at radius 3 is 2.49 bits per heavy atom. The molecule has 0 spiro atoms. The van der Waals surface area contributed by atoms with Crippen LogP contribution < -0.4 is 5.56 Å². The van der Waals surface area contributed by atoms with Crippen LogP contribution in [0.5, 0.6) is 5.75 Å². The van der Waals surface area contributed by atoms with Gasteiger partial charge < -0.3 is 5.11 Å². The van der Waals surface area contributed by atoms with Crippen molar-refractivity contribution in [2.75, 3.05) is 0 Å². The fourth-order valence-corrected chi connectivity index (χ4v) is 5.71. The molecule has 14 heteroatoms. The van der Waals surface area contributed by atoms with Crippen LogP contribution in [0.3, 0.4) is 0 Å². The molecule has 0 radical (unpaired) electrons. The molecule has 200 valence electrons. The van der Waals surface area contributed by atoms with Crippen molar-refractivity contribution in [3.63, 3.8) is 0 Å². The molecule has 39 heavy (non-hydrogen) atoms. The highest BCUT2D eigenvalue weighted by Gasteiger charge is 2.34. The van der Waals surface area contributed by atoms with Crippen LogP contribution in [-0.2, 0) is 12.7 Å². The van der Waals surface area contributed by atoms with Gasteiger partial charge in [-0.3, -0.25) is 14.3 Å². The Hall–Kier alpha value is -3.71. The van der Waals surface area contributed by atoms with Crippen molar-refractivity contribution in [2.24, 2.45) is 0 Å². The zero-order valence-electron chi connectivity index (χ0n) is 19.5. The molecule has 0 aliphatic heterocycles. The molecule has 6 rings (SSSR count). The van der Waals surface area contributed by atoms with Crippen LogP contribution in [0.1, 0.15) is 47.7 Å². The molecule has 0 atom stereocenters. The SMILES string of the molecule is O=c1c2c(nc(-c3ncc(C(F)F)cc3C3CC3)n1Cc1cnc(C(F)(F)F)nc1)sc1c(O)c(Cl)ccc12. The summed E-state index contributed by atoms with van der Waals surface area (Å²) in [7, 11) is 0. The lowest BCUT2D eigenvalue weighted by Crippen LogP contribution is -2.25. The van der Waals surface area contributed by atoms with Crippen molar-refractivity contribution in [2.45, 2.75) is 37.9 Å². The van der Waals surface area contributed by atoms with Gasteiger partial charge in [-0.15, -0.1) is 11.3 Å². The van der Waals surface area contributed by atoms with E-state index in [4.69, 9.17) is 11.6 Å². The number of nitrogens with zero attached hydrogens (tertiary/aromatic N) is 5. The van der Waals surface area contributed by atoms with Crippen LogP contribution >= 0.6 is 22.9 Å². The van der Waals surface area contributed by atoms with E-state index in [0.717, 1.165) is 42.8 Å². The first kappa shape index (κ1) is 25.6. The van der Waals surface area contributed by atoms with Crippen LogP contribution in [-0.4, -0.2) is 29.6 Å². The van der Waals surface area contributed by atoms with Gasteiger partial charge in [-0.25, -0.2) is 23.7 Å². The summed E-state index contributed by atoms with van der Waals surface area (Å²) in [6, 6.07) is 4.35. The number of pyridine rings is 1. The average molecular weight is 580 g/mol. The Morgan fingerprint density at radius 2 is 1.85 bits per heavy atom. The highest BCUT2D eigenvalue weighted by molar-refractivity contribution is 7.25. The van der Waals surface area contributed by atoms with E-state index in [1.807, 2.05) is 0 Å². The largest absolute Gasteiger partial charge is 0.505 e. The molecule has 7 nitrogen and oxygen atoms in total. The molecule has 0 unspecified atom stereocenters. The van der Waals surface area contributed by atoms with Crippen molar-refractivity contribution >= 4 is 43.2 Å². The average Bonchev–Trinajstić information content (AvgIpc) is 3.67. The van der Waals surface area contributed by atoms with E-state index in [1.165, 1.54) is 16.7 Å². The molecule has 0 saturated heterocycles. The number of alkyl halides is 5. The van der Waals surface area contributed by atoms with Crippen molar-refractivity contribution in [1.82, 2.24) is 24.5 Å². The van der Waals surface area contributed by atoms with Crippen molar-refractivity contribution in [1.29, 1.82) is 0 Å². The van der Waals surface area contributed by atoms with Crippen LogP contribution in [0.4, 0.5) is 22.0 Å². The Bertz CT molecular complexity index is 1820. The minimum Gasteiger partial charge on any atom is -0.505 e. The highest BCUT2D eigenvalue weighted by atomic mass is 35.5. The summed E-state index contributed by atoms with van der Waals surface area (Å²) in [5.74, 6) is -1.55. The van der Waals surface area contributed by atoms with Crippen LogP contribution in [0.15, 0.2) is 41.6 Å². The Morgan fingerprint density at radius 1 is 1.13 bits per heavy atom. The number of aromatic hydroxyl groups is 1. The highest BCUT2D eigenvalue weighted by Crippen LogP contribution is 2.45. The maximum absolute atomic E-state index is 13.9. The summed E-state index contributed by atoms with van der Waals surface area (Å²) in [6.45, 7) is -0.269. The number of phenols is 1. The number of fused-ring (bicyclic) bond motifs is 3. The number of hydrogen-bond donors (Lipinski definition) is 1. The van der Waals surface area contributed by atoms with Gasteiger partial charge in [0.15, 0.2) is 11.6 Å². The first-order valence-corrected chi connectivity index (χ1v) is 12.7. The lowest BCUT2D eigenvalue weighted by molar-refractivity contribution is -0.145. The van der Waals surface area contributed by atoms with E-state index in [1.54, 1.807) is 6.07 Å². The maximum atomic E-state index is 13.9. The topological polar surface area (TPSA) is 93.8 Å². The molecule has 0 amide bonds. The summed E-state index contributed by atoms with van der Waals surface area (Å²) in [6.07, 6.45) is -3.06. The van der Waals surface area contributed by atoms with Gasteiger partial charge in [0.1, 0.15) is 10.5 Å². The summed E-state index contributed by atoms with van der Waals surface area (Å²) < 4.78 is 67.4. The van der Waals surface area contributed by atoms with Gasteiger partial charge in [0.05, 0.1) is 21.7 Å². The standard InChI is InChI=1S/C25H15ClF5N5O2S/c26-15-4-3-13-16-22(39-19(13)18(15)37)35-21(17-14(11-1-2-11)5-12(8-32-17)20(27)28)36(23(16)38)9-10-6-33-24(34-7-10)25(29,30)31/h3-8,11,20,37H,1-2,9H2. The normalized spacial score (nSPS) is 14.1. The van der Waals surface area contributed by atoms with Crippen LogP contribution in [0.2, 0.25) is 5.02 Å². The van der Waals surface area contributed by atoms with Crippen LogP contribution in [0, 0.1) is 0 Å². The number of phenolic OH excluding ortho intramolecular Hbond substituents is 1. The zero-order chi connectivity index (χ0) is 27.6. The predicted molar refractivity (Wildman–Crippen MR) is 134 cm³/mol. The van der Waals surface area contributed by atoms with Crippen molar-refractivity contribution < 1.29 is 27.1 Å². The Kier molecular flexibility index (Phi) is 6.03. The van der Waals surface area contributed by atoms with Gasteiger partial charge in [-0.05, 0) is 36.5 Å². The third-order valence-corrected chi connectivity index (χ3v) is 7.82. The van der Waals surface area contributed by atoms with Gasteiger partial charge in [0.2, 0.25) is 5.82 Å². The second-order valence-electron chi connectivity index (χ2n) is 9.08. The molecule has 1 fully saturated rings. The van der Waals surface area contributed by atoms with E-state index in [-0.39, 0.29) is 56.1 Å². The summed E-state index contributed by atoms with van der Waals surface area (Å²) in [5.41, 5.74) is 0.0598. The van der Waals surface area contributed by atoms with E-state index in [0.29, 0.717) is 15.6 Å². The minimum atomic E-state index is -4.74. The summed E-state index contributed by atoms with van der Waals surface area (Å²) in [4.78, 5) is 29.9. The molecule has 1 N–H and O–H groups in total. The van der Waals surface area contributed by atoms with E-state index in [2.05, 4.69) is 19.9 Å². The third-order valence-electron chi connectivity index (χ3n) is 6.41. The Balaban J connectivity index is 1.61. The molecule has 4 aromatic heterocycles. The molecule has 1 aromatic carbocycles. The minimum absolute atomic E-state index is 0.0484. The molecule has 0 bridgehead atoms. The van der Waals surface area contributed by atoms with Gasteiger partial charge in [0.25, 0.3) is 12.0 Å². The number of benzene rings is 1. The number of thiophene rings is 1. The summed E-state index contributed by atoms with van der Waals surface area (Å²) >= 11 is 7.08. The first-order chi connectivity index (χ1) is 18.5. The molecule has 1 saturated carbocycles. The lowest BCUT2D eigenvalue weighted by Gasteiger charge is -2.16. The molecular formula is C25H15ClF5N5O2S. The second kappa shape index (κ2) is 9.19. The smallest absolute Gasteiger partial charge is 0.451 e. The number of aromatic nitrogens is 5.